The third-order valence-corrected chi connectivity index (χ3v) is 2.48. The first-order valence-electron chi connectivity index (χ1n) is 5.45. The van der Waals surface area contributed by atoms with Crippen molar-refractivity contribution >= 4 is 11.9 Å². The highest BCUT2D eigenvalue weighted by Crippen LogP contribution is 2.09. The molecule has 6 heteroatoms. The first-order valence-corrected chi connectivity index (χ1v) is 5.45. The number of esters is 1. The predicted octanol–water partition coefficient (Wildman–Crippen LogP) is -0.776. The summed E-state index contributed by atoms with van der Waals surface area (Å²) in [6, 6.07) is 0. The Morgan fingerprint density at radius 3 is 2.47 bits per heavy atom. The van der Waals surface area contributed by atoms with E-state index in [1.165, 1.54) is 14.0 Å². The average molecular weight is 246 g/mol. The largest absolute Gasteiger partial charge is 0.467 e. The fraction of sp³-hybridized carbons (Fsp3) is 0.818. The fourth-order valence-electron chi connectivity index (χ4n) is 1.67. The van der Waals surface area contributed by atoms with Crippen molar-refractivity contribution in [2.45, 2.75) is 19.4 Å². The molecule has 2 N–H and O–H groups in total. The van der Waals surface area contributed by atoms with E-state index >= 15 is 0 Å². The summed E-state index contributed by atoms with van der Waals surface area (Å²) in [5.41, 5.74) is -1.56. The molecule has 2 unspecified atom stereocenters. The minimum Gasteiger partial charge on any atom is -0.467 e. The van der Waals surface area contributed by atoms with E-state index in [4.69, 9.17) is 0 Å². The van der Waals surface area contributed by atoms with Crippen LogP contribution in [0.1, 0.15) is 13.8 Å². The van der Waals surface area contributed by atoms with Gasteiger partial charge in [-0.2, -0.15) is 0 Å². The highest BCUT2D eigenvalue weighted by molar-refractivity contribution is 5.79. The van der Waals surface area contributed by atoms with Crippen molar-refractivity contribution < 1.29 is 19.4 Å². The molecule has 17 heavy (non-hydrogen) atoms. The summed E-state index contributed by atoms with van der Waals surface area (Å²) in [4.78, 5) is 24.3. The topological polar surface area (TPSA) is 78.9 Å². The van der Waals surface area contributed by atoms with Crippen LogP contribution in [0.2, 0.25) is 0 Å². The van der Waals surface area contributed by atoms with Gasteiger partial charge in [0.1, 0.15) is 0 Å². The summed E-state index contributed by atoms with van der Waals surface area (Å²) < 4.78 is 4.49. The molecule has 6 nitrogen and oxygen atoms in total. The molecular weight excluding hydrogens is 224 g/mol. The molecule has 0 spiro atoms. The summed E-state index contributed by atoms with van der Waals surface area (Å²) in [6.07, 6.45) is 0. The van der Waals surface area contributed by atoms with Gasteiger partial charge in [0.25, 0.3) is 0 Å². The van der Waals surface area contributed by atoms with E-state index in [1.54, 1.807) is 25.9 Å². The van der Waals surface area contributed by atoms with E-state index in [0.29, 0.717) is 6.54 Å². The number of carbonyl (C=O) groups excluding carboxylic acids is 2. The van der Waals surface area contributed by atoms with E-state index in [0.717, 1.165) is 0 Å². The molecule has 0 aromatic rings. The SMILES string of the molecule is CNC(=O)C(C)CN(C)CC(C)(O)C(=O)OC. The van der Waals surface area contributed by atoms with E-state index in [-0.39, 0.29) is 18.4 Å². The lowest BCUT2D eigenvalue weighted by Crippen LogP contribution is -2.48. The van der Waals surface area contributed by atoms with E-state index in [9.17, 15) is 14.7 Å². The summed E-state index contributed by atoms with van der Waals surface area (Å²) in [6.45, 7) is 3.73. The molecule has 0 radical (unpaired) electrons. The van der Waals surface area contributed by atoms with Gasteiger partial charge < -0.3 is 20.1 Å². The Balaban J connectivity index is 4.31. The molecule has 100 valence electrons. The number of hydrogen-bond donors (Lipinski definition) is 2. The molecule has 0 saturated carbocycles. The molecule has 0 saturated heterocycles. The predicted molar refractivity (Wildman–Crippen MR) is 63.4 cm³/mol. The number of ether oxygens (including phenoxy) is 1. The minimum absolute atomic E-state index is 0.0745. The highest BCUT2D eigenvalue weighted by Gasteiger charge is 2.33. The van der Waals surface area contributed by atoms with E-state index in [1.807, 2.05) is 0 Å². The Kier molecular flexibility index (Phi) is 6.12. The van der Waals surface area contributed by atoms with Crippen molar-refractivity contribution in [3.05, 3.63) is 0 Å². The van der Waals surface area contributed by atoms with Crippen molar-refractivity contribution in [2.75, 3.05) is 34.3 Å². The van der Waals surface area contributed by atoms with Crippen LogP contribution in [0, 0.1) is 5.92 Å². The third kappa shape index (κ3) is 5.14. The second-order valence-electron chi connectivity index (χ2n) is 4.48. The first kappa shape index (κ1) is 15.9. The summed E-state index contributed by atoms with van der Waals surface area (Å²) in [5, 5.41) is 12.4. The van der Waals surface area contributed by atoms with Crippen LogP contribution in [0.15, 0.2) is 0 Å². The van der Waals surface area contributed by atoms with Crippen LogP contribution in [-0.2, 0) is 14.3 Å². The monoisotopic (exact) mass is 246 g/mol. The van der Waals surface area contributed by atoms with Crippen molar-refractivity contribution in [1.29, 1.82) is 0 Å². The lowest BCUT2D eigenvalue weighted by molar-refractivity contribution is -0.162. The summed E-state index contributed by atoms with van der Waals surface area (Å²) >= 11 is 0. The van der Waals surface area contributed by atoms with Crippen molar-refractivity contribution in [1.82, 2.24) is 10.2 Å². The fourth-order valence-corrected chi connectivity index (χ4v) is 1.67. The summed E-state index contributed by atoms with van der Waals surface area (Å²) in [7, 11) is 4.53. The van der Waals surface area contributed by atoms with Crippen LogP contribution in [0.3, 0.4) is 0 Å². The maximum Gasteiger partial charge on any atom is 0.338 e. The zero-order chi connectivity index (χ0) is 13.6. The molecule has 0 aliphatic carbocycles. The standard InChI is InChI=1S/C11H22N2O4/c1-8(9(14)12-3)6-13(4)7-11(2,16)10(15)17-5/h8,16H,6-7H2,1-5H3,(H,12,14). The van der Waals surface area contributed by atoms with Crippen LogP contribution >= 0.6 is 0 Å². The lowest BCUT2D eigenvalue weighted by Gasteiger charge is -2.28. The summed E-state index contributed by atoms with van der Waals surface area (Å²) in [5.74, 6) is -0.968. The molecule has 0 heterocycles. The van der Waals surface area contributed by atoms with Crippen molar-refractivity contribution in [2.24, 2.45) is 5.92 Å². The number of nitrogens with zero attached hydrogens (tertiary/aromatic N) is 1. The smallest absolute Gasteiger partial charge is 0.338 e. The van der Waals surface area contributed by atoms with Gasteiger partial charge in [-0.1, -0.05) is 6.92 Å². The van der Waals surface area contributed by atoms with Gasteiger partial charge in [0.2, 0.25) is 5.91 Å². The molecule has 0 aromatic carbocycles. The van der Waals surface area contributed by atoms with Gasteiger partial charge in [0.05, 0.1) is 7.11 Å². The number of rotatable bonds is 6. The minimum atomic E-state index is -1.56. The first-order chi connectivity index (χ1) is 7.74. The lowest BCUT2D eigenvalue weighted by atomic mass is 10.1. The number of carbonyl (C=O) groups is 2. The number of methoxy groups -OCH3 is 1. The molecule has 0 rings (SSSR count). The van der Waals surface area contributed by atoms with Gasteiger partial charge in [-0.3, -0.25) is 4.79 Å². The Morgan fingerprint density at radius 1 is 1.53 bits per heavy atom. The van der Waals surface area contributed by atoms with Crippen LogP contribution < -0.4 is 5.32 Å². The molecule has 1 amide bonds. The van der Waals surface area contributed by atoms with Crippen molar-refractivity contribution in [3.63, 3.8) is 0 Å². The Bertz CT molecular complexity index is 279. The van der Waals surface area contributed by atoms with Crippen LogP contribution in [0.4, 0.5) is 0 Å². The Labute approximate surface area is 102 Å². The van der Waals surface area contributed by atoms with Gasteiger partial charge in [-0.05, 0) is 14.0 Å². The van der Waals surface area contributed by atoms with Crippen LogP contribution in [0.25, 0.3) is 0 Å². The zero-order valence-electron chi connectivity index (χ0n) is 11.1. The number of aliphatic hydroxyl groups is 1. The average Bonchev–Trinajstić information content (AvgIpc) is 2.25. The number of nitrogens with one attached hydrogen (secondary N) is 1. The van der Waals surface area contributed by atoms with E-state index < -0.39 is 11.6 Å². The maximum atomic E-state index is 11.3. The third-order valence-electron chi connectivity index (χ3n) is 2.48. The van der Waals surface area contributed by atoms with E-state index in [2.05, 4.69) is 10.1 Å². The molecular formula is C11H22N2O4. The second kappa shape index (κ2) is 6.56. The molecule has 0 aromatic heterocycles. The molecule has 0 aliphatic rings. The zero-order valence-corrected chi connectivity index (χ0v) is 11.1. The van der Waals surface area contributed by atoms with Gasteiger partial charge >= 0.3 is 5.97 Å². The van der Waals surface area contributed by atoms with Gasteiger partial charge in [0, 0.05) is 26.1 Å². The van der Waals surface area contributed by atoms with Gasteiger partial charge in [-0.25, -0.2) is 4.79 Å². The van der Waals surface area contributed by atoms with Crippen molar-refractivity contribution in [3.8, 4) is 0 Å². The van der Waals surface area contributed by atoms with Crippen LogP contribution in [-0.4, -0.2) is 61.8 Å². The van der Waals surface area contributed by atoms with Gasteiger partial charge in [-0.15, -0.1) is 0 Å². The van der Waals surface area contributed by atoms with Gasteiger partial charge in [0.15, 0.2) is 5.60 Å². The normalized spacial score (nSPS) is 16.2. The molecule has 2 atom stereocenters. The quantitative estimate of drug-likeness (QED) is 0.601. The highest BCUT2D eigenvalue weighted by atomic mass is 16.5. The molecule has 0 aliphatic heterocycles. The number of likely N-dealkylation sites (N-methyl/N-ethyl adjacent to an activating group) is 1. The maximum absolute atomic E-state index is 11.3. The number of hydrogen-bond acceptors (Lipinski definition) is 5. The Morgan fingerprint density at radius 2 is 2.06 bits per heavy atom. The van der Waals surface area contributed by atoms with Crippen LogP contribution in [0.5, 0.6) is 0 Å². The molecule has 0 bridgehead atoms. The Hall–Kier alpha value is -1.14. The number of amides is 1. The molecule has 0 fully saturated rings. The second-order valence-corrected chi connectivity index (χ2v) is 4.48.